The van der Waals surface area contributed by atoms with Gasteiger partial charge in [-0.1, -0.05) is 42.6 Å². The Morgan fingerprint density at radius 2 is 1.57 bits per heavy atom. The quantitative estimate of drug-likeness (QED) is 0.556. The van der Waals surface area contributed by atoms with E-state index in [2.05, 4.69) is 25.7 Å². The first-order chi connectivity index (χ1) is 14.7. The number of nitrogens with zero attached hydrogens (tertiary/aromatic N) is 3. The molecule has 2 N–H and O–H groups in total. The highest BCUT2D eigenvalue weighted by Crippen LogP contribution is 2.22. The van der Waals surface area contributed by atoms with E-state index < -0.39 is 0 Å². The Morgan fingerprint density at radius 3 is 2.23 bits per heavy atom. The van der Waals surface area contributed by atoms with Crippen molar-refractivity contribution < 1.29 is 4.79 Å². The Labute approximate surface area is 181 Å². The molecule has 0 atom stereocenters. The second-order valence-electron chi connectivity index (χ2n) is 7.34. The first-order valence-electron chi connectivity index (χ1n) is 10.2. The average Bonchev–Trinajstić information content (AvgIpc) is 3.04. The molecule has 1 fully saturated rings. The van der Waals surface area contributed by atoms with E-state index in [1.54, 1.807) is 24.3 Å². The first kappa shape index (κ1) is 20.2. The highest BCUT2D eigenvalue weighted by atomic mass is 35.5. The summed E-state index contributed by atoms with van der Waals surface area (Å²) in [7, 11) is 0. The summed E-state index contributed by atoms with van der Waals surface area (Å²) in [5.41, 5.74) is 3.08. The molecule has 0 spiro atoms. The van der Waals surface area contributed by atoms with Crippen LogP contribution in [0.15, 0.2) is 60.7 Å². The average molecular weight is 422 g/mol. The molecule has 0 saturated carbocycles. The molecule has 1 saturated heterocycles. The molecule has 2 amide bonds. The number of anilines is 3. The summed E-state index contributed by atoms with van der Waals surface area (Å²) >= 11 is 5.94. The number of benzene rings is 2. The van der Waals surface area contributed by atoms with Crippen LogP contribution in [-0.2, 0) is 0 Å². The van der Waals surface area contributed by atoms with Crippen LogP contribution in [0.2, 0.25) is 5.02 Å². The number of hydrogen-bond acceptors (Lipinski definition) is 4. The van der Waals surface area contributed by atoms with E-state index in [1.165, 1.54) is 25.7 Å². The molecule has 0 bridgehead atoms. The van der Waals surface area contributed by atoms with Crippen molar-refractivity contribution in [2.75, 3.05) is 28.6 Å². The third kappa shape index (κ3) is 5.27. The lowest BCUT2D eigenvalue weighted by molar-refractivity contribution is 0.262. The van der Waals surface area contributed by atoms with Crippen LogP contribution < -0.4 is 15.5 Å². The van der Waals surface area contributed by atoms with Crippen LogP contribution in [0, 0.1) is 0 Å². The number of carbonyl (C=O) groups is 1. The fourth-order valence-corrected chi connectivity index (χ4v) is 3.72. The standard InChI is InChI=1S/C23H24ClN5O/c24-18-6-5-7-20(16-18)26-23(30)25-19-10-8-17(9-11-19)21-12-13-22(28-27-21)29-14-3-1-2-4-15-29/h5-13,16H,1-4,14-15H2,(H2,25,26,30). The van der Waals surface area contributed by atoms with Gasteiger partial charge in [0.1, 0.15) is 0 Å². The smallest absolute Gasteiger partial charge is 0.323 e. The summed E-state index contributed by atoms with van der Waals surface area (Å²) in [5.74, 6) is 0.941. The lowest BCUT2D eigenvalue weighted by Crippen LogP contribution is -2.25. The second kappa shape index (κ2) is 9.59. The summed E-state index contributed by atoms with van der Waals surface area (Å²) < 4.78 is 0. The lowest BCUT2D eigenvalue weighted by atomic mass is 10.1. The molecular formula is C23H24ClN5O. The highest BCUT2D eigenvalue weighted by Gasteiger charge is 2.12. The summed E-state index contributed by atoms with van der Waals surface area (Å²) in [6.45, 7) is 2.09. The molecule has 1 aliphatic heterocycles. The van der Waals surface area contributed by atoms with E-state index in [0.29, 0.717) is 16.4 Å². The van der Waals surface area contributed by atoms with Crippen molar-refractivity contribution in [1.29, 1.82) is 0 Å². The van der Waals surface area contributed by atoms with Crippen molar-refractivity contribution in [3.63, 3.8) is 0 Å². The minimum absolute atomic E-state index is 0.327. The molecule has 0 radical (unpaired) electrons. The molecule has 1 aromatic heterocycles. The predicted molar refractivity (Wildman–Crippen MR) is 122 cm³/mol. The van der Waals surface area contributed by atoms with E-state index >= 15 is 0 Å². The van der Waals surface area contributed by atoms with Crippen molar-refractivity contribution in [1.82, 2.24) is 10.2 Å². The largest absolute Gasteiger partial charge is 0.355 e. The van der Waals surface area contributed by atoms with Gasteiger partial charge in [0.25, 0.3) is 0 Å². The molecule has 6 nitrogen and oxygen atoms in total. The summed E-state index contributed by atoms with van der Waals surface area (Å²) in [6, 6.07) is 18.3. The maximum absolute atomic E-state index is 12.2. The van der Waals surface area contributed by atoms with E-state index in [4.69, 9.17) is 11.6 Å². The van der Waals surface area contributed by atoms with Crippen LogP contribution in [0.4, 0.5) is 22.0 Å². The number of carbonyl (C=O) groups excluding carboxylic acids is 1. The van der Waals surface area contributed by atoms with Gasteiger partial charge in [-0.25, -0.2) is 4.79 Å². The Balaban J connectivity index is 1.37. The van der Waals surface area contributed by atoms with Crippen molar-refractivity contribution in [3.05, 3.63) is 65.7 Å². The van der Waals surface area contributed by atoms with Gasteiger partial charge in [-0.3, -0.25) is 0 Å². The zero-order chi connectivity index (χ0) is 20.8. The molecule has 7 heteroatoms. The Kier molecular flexibility index (Phi) is 6.44. The molecule has 30 heavy (non-hydrogen) atoms. The van der Waals surface area contributed by atoms with Gasteiger partial charge in [-0.15, -0.1) is 10.2 Å². The van der Waals surface area contributed by atoms with E-state index in [-0.39, 0.29) is 6.03 Å². The number of amides is 2. The van der Waals surface area contributed by atoms with Crippen LogP contribution >= 0.6 is 11.6 Å². The van der Waals surface area contributed by atoms with Crippen LogP contribution in [0.3, 0.4) is 0 Å². The Morgan fingerprint density at radius 1 is 0.833 bits per heavy atom. The predicted octanol–water partition coefficient (Wildman–Crippen LogP) is 5.82. The third-order valence-electron chi connectivity index (χ3n) is 5.10. The molecule has 2 aromatic carbocycles. The number of halogens is 1. The zero-order valence-electron chi connectivity index (χ0n) is 16.6. The molecule has 0 aliphatic carbocycles. The number of aromatic nitrogens is 2. The van der Waals surface area contributed by atoms with Gasteiger partial charge >= 0.3 is 6.03 Å². The first-order valence-corrected chi connectivity index (χ1v) is 10.6. The van der Waals surface area contributed by atoms with Crippen molar-refractivity contribution in [3.8, 4) is 11.3 Å². The van der Waals surface area contributed by atoms with Gasteiger partial charge in [0.2, 0.25) is 0 Å². The summed E-state index contributed by atoms with van der Waals surface area (Å²) in [5, 5.41) is 15.0. The van der Waals surface area contributed by atoms with Gasteiger partial charge in [0.15, 0.2) is 5.82 Å². The monoisotopic (exact) mass is 421 g/mol. The number of nitrogens with one attached hydrogen (secondary N) is 2. The van der Waals surface area contributed by atoms with Gasteiger partial charge in [0.05, 0.1) is 5.69 Å². The SMILES string of the molecule is O=C(Nc1ccc(-c2ccc(N3CCCCCC3)nn2)cc1)Nc1cccc(Cl)c1. The fraction of sp³-hybridized carbons (Fsp3) is 0.261. The van der Waals surface area contributed by atoms with Crippen molar-refractivity contribution in [2.45, 2.75) is 25.7 Å². The Hall–Kier alpha value is -3.12. The molecule has 3 aromatic rings. The maximum atomic E-state index is 12.2. The van der Waals surface area contributed by atoms with E-state index in [1.807, 2.05) is 36.4 Å². The van der Waals surface area contributed by atoms with Gasteiger partial charge < -0.3 is 15.5 Å². The molecule has 2 heterocycles. The van der Waals surface area contributed by atoms with Crippen molar-refractivity contribution >= 4 is 34.8 Å². The minimum atomic E-state index is -0.327. The number of urea groups is 1. The van der Waals surface area contributed by atoms with Crippen LogP contribution in [0.1, 0.15) is 25.7 Å². The molecule has 4 rings (SSSR count). The van der Waals surface area contributed by atoms with Crippen LogP contribution in [-0.4, -0.2) is 29.3 Å². The molecule has 1 aliphatic rings. The van der Waals surface area contributed by atoms with Crippen LogP contribution in [0.5, 0.6) is 0 Å². The number of rotatable bonds is 4. The third-order valence-corrected chi connectivity index (χ3v) is 5.34. The Bertz CT molecular complexity index is 983. The molecule has 0 unspecified atom stereocenters. The van der Waals surface area contributed by atoms with Gasteiger partial charge in [-0.2, -0.15) is 0 Å². The van der Waals surface area contributed by atoms with E-state index in [9.17, 15) is 4.79 Å². The summed E-state index contributed by atoms with van der Waals surface area (Å²) in [6.07, 6.45) is 5.00. The summed E-state index contributed by atoms with van der Waals surface area (Å²) in [4.78, 5) is 14.5. The van der Waals surface area contributed by atoms with Gasteiger partial charge in [0, 0.05) is 35.1 Å². The number of hydrogen-bond donors (Lipinski definition) is 2. The minimum Gasteiger partial charge on any atom is -0.355 e. The molecular weight excluding hydrogens is 398 g/mol. The van der Waals surface area contributed by atoms with E-state index in [0.717, 1.165) is 30.2 Å². The fourth-order valence-electron chi connectivity index (χ4n) is 3.53. The molecule has 154 valence electrons. The second-order valence-corrected chi connectivity index (χ2v) is 7.78. The lowest BCUT2D eigenvalue weighted by Gasteiger charge is -2.20. The zero-order valence-corrected chi connectivity index (χ0v) is 17.4. The maximum Gasteiger partial charge on any atom is 0.323 e. The normalized spacial score (nSPS) is 14.1. The van der Waals surface area contributed by atoms with Gasteiger partial charge in [-0.05, 0) is 55.3 Å². The van der Waals surface area contributed by atoms with Crippen LogP contribution in [0.25, 0.3) is 11.3 Å². The highest BCUT2D eigenvalue weighted by molar-refractivity contribution is 6.30. The van der Waals surface area contributed by atoms with Crippen molar-refractivity contribution in [2.24, 2.45) is 0 Å². The topological polar surface area (TPSA) is 70.2 Å².